The van der Waals surface area contributed by atoms with Crippen LogP contribution in [0, 0.1) is 11.8 Å². The fourth-order valence-electron chi connectivity index (χ4n) is 7.17. The van der Waals surface area contributed by atoms with Crippen LogP contribution in [0.3, 0.4) is 0 Å². The summed E-state index contributed by atoms with van der Waals surface area (Å²) in [6.45, 7) is 29.2. The summed E-state index contributed by atoms with van der Waals surface area (Å²) in [6.07, 6.45) is 4.86. The second kappa shape index (κ2) is 13.7. The average molecular weight is 566 g/mol. The van der Waals surface area contributed by atoms with Gasteiger partial charge in [0.15, 0.2) is 6.71 Å². The predicted molar refractivity (Wildman–Crippen MR) is 180 cm³/mol. The molecule has 0 aromatic heterocycles. The first-order valence-corrected chi connectivity index (χ1v) is 16.9. The molecule has 0 aliphatic heterocycles. The first kappa shape index (κ1) is 36.5. The molecule has 0 aliphatic rings. The standard InChI is InChI=1S/C33H63B2F2NS/c1-26(2)39(36,37)33(12,13)24-23-31(8,9)34(38(14)15)25-28(4)27(3)21-22-32(10,11)35(30(5,6)7)29-19-17-16-18-20-29/h16-20,26-28H,21-25H2,1-15H3. The first-order valence-electron chi connectivity index (χ1n) is 15.4. The first-order chi connectivity index (χ1) is 17.5. The van der Waals surface area contributed by atoms with Gasteiger partial charge < -0.3 is 4.81 Å². The van der Waals surface area contributed by atoms with E-state index in [4.69, 9.17) is 0 Å². The third-order valence-electron chi connectivity index (χ3n) is 9.82. The third kappa shape index (κ3) is 9.79. The van der Waals surface area contributed by atoms with Gasteiger partial charge in [0, 0.05) is 10.00 Å². The van der Waals surface area contributed by atoms with E-state index in [1.54, 1.807) is 27.7 Å². The maximum atomic E-state index is 15.1. The molecule has 226 valence electrons. The topological polar surface area (TPSA) is 3.24 Å². The lowest BCUT2D eigenvalue weighted by Crippen LogP contribution is -2.47. The quantitative estimate of drug-likeness (QED) is 0.191. The maximum absolute atomic E-state index is 15.1. The summed E-state index contributed by atoms with van der Waals surface area (Å²) in [7, 11) is 0.679. The van der Waals surface area contributed by atoms with Crippen LogP contribution in [0.5, 0.6) is 0 Å². The molecule has 2 atom stereocenters. The van der Waals surface area contributed by atoms with E-state index in [0.29, 0.717) is 31.8 Å². The molecule has 0 saturated carbocycles. The van der Waals surface area contributed by atoms with E-state index in [2.05, 4.69) is 112 Å². The van der Waals surface area contributed by atoms with Crippen LogP contribution >= 0.6 is 10.8 Å². The molecule has 1 rings (SSSR count). The van der Waals surface area contributed by atoms with E-state index in [9.17, 15) is 0 Å². The van der Waals surface area contributed by atoms with Gasteiger partial charge in [0.05, 0.1) is 10.8 Å². The highest BCUT2D eigenvalue weighted by Gasteiger charge is 2.47. The lowest BCUT2D eigenvalue weighted by molar-refractivity contribution is 0.348. The van der Waals surface area contributed by atoms with Crippen LogP contribution in [0.2, 0.25) is 22.3 Å². The zero-order chi connectivity index (χ0) is 30.6. The highest BCUT2D eigenvalue weighted by Crippen LogP contribution is 2.67. The van der Waals surface area contributed by atoms with Gasteiger partial charge in [0.2, 0.25) is 6.85 Å². The van der Waals surface area contributed by atoms with Gasteiger partial charge >= 0.3 is 0 Å². The predicted octanol–water partition coefficient (Wildman–Crippen LogP) is 10.9. The molecule has 6 heteroatoms. The van der Waals surface area contributed by atoms with Gasteiger partial charge in [0.25, 0.3) is 0 Å². The summed E-state index contributed by atoms with van der Waals surface area (Å²) in [6, 6.07) is 11.1. The Kier molecular flexibility index (Phi) is 12.8. The van der Waals surface area contributed by atoms with Gasteiger partial charge in [-0.25, -0.2) is 0 Å². The minimum Gasteiger partial charge on any atom is -0.347 e. The zero-order valence-electron chi connectivity index (χ0n) is 28.4. The Balaban J connectivity index is 2.95. The van der Waals surface area contributed by atoms with E-state index in [-0.39, 0.29) is 15.9 Å². The van der Waals surface area contributed by atoms with Crippen molar-refractivity contribution in [3.05, 3.63) is 30.3 Å². The number of hydrogen-bond donors (Lipinski definition) is 0. The minimum absolute atomic E-state index is 0.0365. The molecule has 39 heavy (non-hydrogen) atoms. The van der Waals surface area contributed by atoms with Crippen molar-refractivity contribution < 1.29 is 7.77 Å². The van der Waals surface area contributed by atoms with E-state index < -0.39 is 20.8 Å². The van der Waals surface area contributed by atoms with Crippen LogP contribution in [0.15, 0.2) is 30.3 Å². The molecule has 1 aromatic rings. The van der Waals surface area contributed by atoms with Gasteiger partial charge in [-0.3, -0.25) is 0 Å². The van der Waals surface area contributed by atoms with Crippen LogP contribution in [-0.2, 0) is 0 Å². The van der Waals surface area contributed by atoms with E-state index in [1.807, 2.05) is 0 Å². The molecule has 0 N–H and O–H groups in total. The summed E-state index contributed by atoms with van der Waals surface area (Å²) < 4.78 is 29.2. The van der Waals surface area contributed by atoms with Gasteiger partial charge in [-0.05, 0) is 51.5 Å². The second-order valence-electron chi connectivity index (χ2n) is 16.2. The summed E-state index contributed by atoms with van der Waals surface area (Å²) in [4.78, 5) is 2.35. The highest BCUT2D eigenvalue weighted by molar-refractivity contribution is 8.26. The molecule has 0 amide bonds. The molecule has 0 bridgehead atoms. The Hall–Kier alpha value is -0.480. The molecule has 0 heterocycles. The number of nitrogens with zero attached hydrogens (tertiary/aromatic N) is 1. The van der Waals surface area contributed by atoms with Crippen molar-refractivity contribution in [1.82, 2.24) is 4.81 Å². The summed E-state index contributed by atoms with van der Waals surface area (Å²) >= 11 is 0. The number of hydrogen-bond acceptors (Lipinski definition) is 1. The second-order valence-corrected chi connectivity index (χ2v) is 19.3. The minimum atomic E-state index is -3.65. The van der Waals surface area contributed by atoms with E-state index in [0.717, 1.165) is 12.7 Å². The summed E-state index contributed by atoms with van der Waals surface area (Å²) in [5, 5.41) is -0.235. The smallest absolute Gasteiger partial charge is 0.228 e. The van der Waals surface area contributed by atoms with Gasteiger partial charge in [0.1, 0.15) is 0 Å². The molecular formula is C33H63B2F2NS. The Morgan fingerprint density at radius 1 is 0.744 bits per heavy atom. The zero-order valence-corrected chi connectivity index (χ0v) is 29.2. The molecule has 0 fully saturated rings. The van der Waals surface area contributed by atoms with Gasteiger partial charge in [-0.15, -0.1) is 0 Å². The summed E-state index contributed by atoms with van der Waals surface area (Å²) in [5.74, 6) is 1.16. The Bertz CT molecular complexity index is 862. The maximum Gasteiger partial charge on any atom is 0.228 e. The van der Waals surface area contributed by atoms with Gasteiger partial charge in [-0.2, -0.15) is 7.77 Å². The van der Waals surface area contributed by atoms with Crippen molar-refractivity contribution in [3.8, 4) is 0 Å². The van der Waals surface area contributed by atoms with Crippen LogP contribution in [0.1, 0.15) is 116 Å². The molecule has 0 radical (unpaired) electrons. The number of halogens is 2. The van der Waals surface area contributed by atoms with Crippen molar-refractivity contribution in [2.24, 2.45) is 11.8 Å². The van der Waals surface area contributed by atoms with Crippen LogP contribution in [0.25, 0.3) is 0 Å². The van der Waals surface area contributed by atoms with Gasteiger partial charge in [-0.1, -0.05) is 148 Å². The Morgan fingerprint density at radius 2 is 1.26 bits per heavy atom. The summed E-state index contributed by atoms with van der Waals surface area (Å²) in [5.41, 5.74) is 1.44. The highest BCUT2D eigenvalue weighted by atomic mass is 32.3. The van der Waals surface area contributed by atoms with Crippen LogP contribution in [0.4, 0.5) is 7.77 Å². The van der Waals surface area contributed by atoms with E-state index in [1.165, 1.54) is 18.3 Å². The van der Waals surface area contributed by atoms with Crippen molar-refractivity contribution in [3.63, 3.8) is 0 Å². The molecule has 1 nitrogen and oxygen atoms in total. The number of benzene rings is 1. The lowest BCUT2D eigenvalue weighted by Gasteiger charge is -2.44. The fourth-order valence-corrected chi connectivity index (χ4v) is 8.83. The molecule has 0 aliphatic carbocycles. The van der Waals surface area contributed by atoms with Crippen molar-refractivity contribution in [2.75, 3.05) is 14.1 Å². The molecular weight excluding hydrogens is 502 g/mol. The van der Waals surface area contributed by atoms with Crippen molar-refractivity contribution in [2.45, 2.75) is 148 Å². The fraction of sp³-hybridized carbons (Fsp3) is 0.818. The molecule has 2 unspecified atom stereocenters. The Labute approximate surface area is 246 Å². The largest absolute Gasteiger partial charge is 0.347 e. The lowest BCUT2D eigenvalue weighted by atomic mass is 9.20. The monoisotopic (exact) mass is 565 g/mol. The third-order valence-corrected chi connectivity index (χ3v) is 12.7. The van der Waals surface area contributed by atoms with Crippen LogP contribution in [-0.4, -0.2) is 42.5 Å². The van der Waals surface area contributed by atoms with Crippen LogP contribution < -0.4 is 5.46 Å². The molecule has 0 saturated heterocycles. The normalized spacial score (nSPS) is 16.0. The molecule has 1 aromatic carbocycles. The van der Waals surface area contributed by atoms with E-state index >= 15 is 7.77 Å². The SMILES string of the molecule is CC(CCC(C)(C)B(c1ccccc1)C(C)(C)C)C(C)CB(N(C)C)C(C)(C)CCC(C)(C)S(F)(F)C(C)C. The number of rotatable bonds is 15. The van der Waals surface area contributed by atoms with Crippen molar-refractivity contribution >= 4 is 29.8 Å². The average Bonchev–Trinajstić information content (AvgIpc) is 2.78. The van der Waals surface area contributed by atoms with Crippen molar-refractivity contribution in [1.29, 1.82) is 0 Å². The Morgan fingerprint density at radius 3 is 1.69 bits per heavy atom. The molecule has 0 spiro atoms.